The molecular formula is C25H22O2. The second kappa shape index (κ2) is 6.96. The Kier molecular flexibility index (Phi) is 4.49. The number of Topliss-reactive ketones (excluding diaryl/α,β-unsaturated/α-hetero) is 2. The van der Waals surface area contributed by atoms with Crippen LogP contribution in [0.15, 0.2) is 78.9 Å². The van der Waals surface area contributed by atoms with Crippen LogP contribution in [0.3, 0.4) is 0 Å². The van der Waals surface area contributed by atoms with Crippen LogP contribution in [0.1, 0.15) is 63.1 Å². The summed E-state index contributed by atoms with van der Waals surface area (Å²) in [6.45, 7) is 4.29. The maximum absolute atomic E-state index is 13.3. The summed E-state index contributed by atoms with van der Waals surface area (Å²) in [5.41, 5.74) is 4.36. The Balaban J connectivity index is 1.92. The maximum atomic E-state index is 13.3. The van der Waals surface area contributed by atoms with E-state index in [0.717, 1.165) is 11.1 Å². The molecule has 0 N–H and O–H groups in total. The van der Waals surface area contributed by atoms with Crippen molar-refractivity contribution in [3.63, 3.8) is 0 Å². The normalized spacial score (nSPS) is 15.2. The van der Waals surface area contributed by atoms with E-state index < -0.39 is 5.92 Å². The molecule has 134 valence electrons. The van der Waals surface area contributed by atoms with Gasteiger partial charge in [-0.3, -0.25) is 9.59 Å². The molecular weight excluding hydrogens is 332 g/mol. The SMILES string of the molecule is CC(C)c1ccccc1C(c1ccccc1)C1C(=O)c2ccccc2C1=O. The van der Waals surface area contributed by atoms with Gasteiger partial charge in [-0.15, -0.1) is 0 Å². The van der Waals surface area contributed by atoms with Gasteiger partial charge in [0.05, 0.1) is 5.92 Å². The third kappa shape index (κ3) is 2.91. The highest BCUT2D eigenvalue weighted by Gasteiger charge is 2.44. The van der Waals surface area contributed by atoms with Gasteiger partial charge in [-0.25, -0.2) is 0 Å². The predicted octanol–water partition coefficient (Wildman–Crippen LogP) is 5.64. The van der Waals surface area contributed by atoms with Crippen LogP contribution < -0.4 is 0 Å². The van der Waals surface area contributed by atoms with E-state index in [-0.39, 0.29) is 17.5 Å². The fourth-order valence-electron chi connectivity index (χ4n) is 4.20. The number of carbonyl (C=O) groups excluding carboxylic acids is 2. The van der Waals surface area contributed by atoms with Crippen molar-refractivity contribution >= 4 is 11.6 Å². The van der Waals surface area contributed by atoms with Crippen molar-refractivity contribution in [1.29, 1.82) is 0 Å². The van der Waals surface area contributed by atoms with Gasteiger partial charge in [-0.05, 0) is 22.6 Å². The van der Waals surface area contributed by atoms with Gasteiger partial charge in [0.25, 0.3) is 0 Å². The van der Waals surface area contributed by atoms with Crippen molar-refractivity contribution in [3.8, 4) is 0 Å². The Morgan fingerprint density at radius 1 is 0.630 bits per heavy atom. The third-order valence-electron chi connectivity index (χ3n) is 5.47. The second-order valence-electron chi connectivity index (χ2n) is 7.42. The van der Waals surface area contributed by atoms with E-state index in [0.29, 0.717) is 17.0 Å². The fraction of sp³-hybridized carbons (Fsp3) is 0.200. The van der Waals surface area contributed by atoms with Crippen LogP contribution in [-0.2, 0) is 0 Å². The largest absolute Gasteiger partial charge is 0.293 e. The van der Waals surface area contributed by atoms with E-state index in [4.69, 9.17) is 0 Å². The third-order valence-corrected chi connectivity index (χ3v) is 5.47. The first-order valence-electron chi connectivity index (χ1n) is 9.41. The molecule has 3 aromatic carbocycles. The summed E-state index contributed by atoms with van der Waals surface area (Å²) in [6, 6.07) is 25.3. The topological polar surface area (TPSA) is 34.1 Å². The van der Waals surface area contributed by atoms with Gasteiger partial charge in [0, 0.05) is 17.0 Å². The first-order valence-corrected chi connectivity index (χ1v) is 9.41. The summed E-state index contributed by atoms with van der Waals surface area (Å²) < 4.78 is 0. The monoisotopic (exact) mass is 354 g/mol. The van der Waals surface area contributed by atoms with Gasteiger partial charge in [0.15, 0.2) is 11.6 Å². The van der Waals surface area contributed by atoms with Crippen LogP contribution in [0.25, 0.3) is 0 Å². The molecule has 0 fully saturated rings. The molecule has 0 aromatic heterocycles. The molecule has 1 aliphatic rings. The van der Waals surface area contributed by atoms with E-state index in [1.165, 1.54) is 5.56 Å². The van der Waals surface area contributed by atoms with Gasteiger partial charge in [-0.1, -0.05) is 92.7 Å². The lowest BCUT2D eigenvalue weighted by atomic mass is 9.75. The molecule has 4 rings (SSSR count). The summed E-state index contributed by atoms with van der Waals surface area (Å²) in [5, 5.41) is 0. The van der Waals surface area contributed by atoms with Crippen LogP contribution in [-0.4, -0.2) is 11.6 Å². The lowest BCUT2D eigenvalue weighted by Crippen LogP contribution is -2.26. The lowest BCUT2D eigenvalue weighted by Gasteiger charge is -2.26. The van der Waals surface area contributed by atoms with Crippen molar-refractivity contribution in [2.24, 2.45) is 5.92 Å². The zero-order valence-corrected chi connectivity index (χ0v) is 15.6. The average Bonchev–Trinajstić information content (AvgIpc) is 2.95. The van der Waals surface area contributed by atoms with Crippen LogP contribution in [0, 0.1) is 5.92 Å². The quantitative estimate of drug-likeness (QED) is 0.568. The molecule has 27 heavy (non-hydrogen) atoms. The molecule has 1 unspecified atom stereocenters. The van der Waals surface area contributed by atoms with Gasteiger partial charge < -0.3 is 0 Å². The molecule has 0 aliphatic heterocycles. The minimum Gasteiger partial charge on any atom is -0.293 e. The first-order chi connectivity index (χ1) is 13.1. The van der Waals surface area contributed by atoms with Crippen molar-refractivity contribution in [3.05, 3.63) is 107 Å². The van der Waals surface area contributed by atoms with Crippen LogP contribution in [0.4, 0.5) is 0 Å². The Hall–Kier alpha value is -3.00. The van der Waals surface area contributed by atoms with Gasteiger partial charge in [0.2, 0.25) is 0 Å². The molecule has 0 saturated heterocycles. The number of carbonyl (C=O) groups is 2. The Bertz CT molecular complexity index is 967. The number of rotatable bonds is 4. The van der Waals surface area contributed by atoms with Crippen molar-refractivity contribution < 1.29 is 9.59 Å². The van der Waals surface area contributed by atoms with Gasteiger partial charge in [-0.2, -0.15) is 0 Å². The summed E-state index contributed by atoms with van der Waals surface area (Å²) in [7, 11) is 0. The summed E-state index contributed by atoms with van der Waals surface area (Å²) in [6.07, 6.45) is 0. The summed E-state index contributed by atoms with van der Waals surface area (Å²) in [4.78, 5) is 26.5. The van der Waals surface area contributed by atoms with E-state index in [1.54, 1.807) is 12.1 Å². The number of hydrogen-bond acceptors (Lipinski definition) is 2. The standard InChI is InChI=1S/C25H22O2/c1-16(2)18-12-6-7-13-19(18)22(17-10-4-3-5-11-17)23-24(26)20-14-8-9-15-21(20)25(23)27/h3-16,22-23H,1-2H3. The Morgan fingerprint density at radius 3 is 1.67 bits per heavy atom. The zero-order chi connectivity index (χ0) is 19.0. The maximum Gasteiger partial charge on any atom is 0.175 e. The molecule has 1 atom stereocenters. The Morgan fingerprint density at radius 2 is 1.11 bits per heavy atom. The van der Waals surface area contributed by atoms with Gasteiger partial charge in [0.1, 0.15) is 0 Å². The van der Waals surface area contributed by atoms with E-state index in [9.17, 15) is 9.59 Å². The number of fused-ring (bicyclic) bond motifs is 1. The summed E-state index contributed by atoms with van der Waals surface area (Å²) in [5.74, 6) is -0.811. The van der Waals surface area contributed by atoms with E-state index in [1.807, 2.05) is 54.6 Å². The van der Waals surface area contributed by atoms with Crippen molar-refractivity contribution in [1.82, 2.24) is 0 Å². The second-order valence-corrected chi connectivity index (χ2v) is 7.42. The van der Waals surface area contributed by atoms with Crippen LogP contribution in [0.5, 0.6) is 0 Å². The van der Waals surface area contributed by atoms with Crippen molar-refractivity contribution in [2.45, 2.75) is 25.7 Å². The highest BCUT2D eigenvalue weighted by molar-refractivity contribution is 6.27. The molecule has 0 amide bonds. The number of hydrogen-bond donors (Lipinski definition) is 0. The highest BCUT2D eigenvalue weighted by atomic mass is 16.2. The van der Waals surface area contributed by atoms with Crippen LogP contribution >= 0.6 is 0 Å². The van der Waals surface area contributed by atoms with E-state index in [2.05, 4.69) is 26.0 Å². The Labute approximate surface area is 159 Å². The number of benzene rings is 3. The van der Waals surface area contributed by atoms with E-state index >= 15 is 0 Å². The molecule has 3 aromatic rings. The zero-order valence-electron chi connectivity index (χ0n) is 15.6. The van der Waals surface area contributed by atoms with Crippen molar-refractivity contribution in [2.75, 3.05) is 0 Å². The minimum absolute atomic E-state index is 0.0667. The fourth-order valence-corrected chi connectivity index (χ4v) is 4.20. The molecule has 0 heterocycles. The predicted molar refractivity (Wildman–Crippen MR) is 107 cm³/mol. The lowest BCUT2D eigenvalue weighted by molar-refractivity contribution is 0.0825. The van der Waals surface area contributed by atoms with Crippen LogP contribution in [0.2, 0.25) is 0 Å². The first kappa shape index (κ1) is 17.4. The highest BCUT2D eigenvalue weighted by Crippen LogP contribution is 2.42. The molecule has 0 radical (unpaired) electrons. The van der Waals surface area contributed by atoms with Gasteiger partial charge >= 0.3 is 0 Å². The number of ketones is 2. The summed E-state index contributed by atoms with van der Waals surface area (Å²) >= 11 is 0. The average molecular weight is 354 g/mol. The smallest absolute Gasteiger partial charge is 0.175 e. The molecule has 2 heteroatoms. The minimum atomic E-state index is -0.704. The molecule has 0 saturated carbocycles. The molecule has 0 bridgehead atoms. The molecule has 0 spiro atoms. The molecule has 1 aliphatic carbocycles. The molecule has 2 nitrogen and oxygen atoms in total.